The Kier molecular flexibility index (Phi) is 6.39. The molecule has 132 valence electrons. The number of amides is 2. The van der Waals surface area contributed by atoms with Gasteiger partial charge < -0.3 is 9.47 Å². The summed E-state index contributed by atoms with van der Waals surface area (Å²) in [7, 11) is 1.58. The highest BCUT2D eigenvalue weighted by Crippen LogP contribution is 2.16. The second-order valence-corrected chi connectivity index (χ2v) is 5.66. The van der Waals surface area contributed by atoms with Crippen LogP contribution in [-0.2, 0) is 16.0 Å². The van der Waals surface area contributed by atoms with Crippen molar-refractivity contribution in [3.63, 3.8) is 0 Å². The van der Waals surface area contributed by atoms with E-state index in [2.05, 4.69) is 10.9 Å². The molecule has 2 aromatic carbocycles. The summed E-state index contributed by atoms with van der Waals surface area (Å²) < 4.78 is 10.5. The van der Waals surface area contributed by atoms with Gasteiger partial charge in [-0.15, -0.1) is 0 Å². The summed E-state index contributed by atoms with van der Waals surface area (Å²) >= 11 is 0. The molecule has 6 heteroatoms. The van der Waals surface area contributed by atoms with Crippen molar-refractivity contribution in [3.05, 3.63) is 59.2 Å². The van der Waals surface area contributed by atoms with Crippen molar-refractivity contribution in [1.82, 2.24) is 10.9 Å². The SMILES string of the molecule is COc1ccc(CC(=O)NNC(=O)COc2ccc(C)c(C)c2)cc1. The van der Waals surface area contributed by atoms with E-state index in [1.807, 2.05) is 26.0 Å². The molecule has 0 bridgehead atoms. The maximum atomic E-state index is 11.8. The normalized spacial score (nSPS) is 10.0. The average molecular weight is 342 g/mol. The molecule has 0 saturated carbocycles. The first-order valence-electron chi connectivity index (χ1n) is 7.88. The Bertz CT molecular complexity index is 742. The van der Waals surface area contributed by atoms with Crippen LogP contribution in [0.15, 0.2) is 42.5 Å². The summed E-state index contributed by atoms with van der Waals surface area (Å²) in [5.74, 6) is 0.592. The standard InChI is InChI=1S/C19H22N2O4/c1-13-4-7-17(10-14(13)2)25-12-19(23)21-20-18(22)11-15-5-8-16(24-3)9-6-15/h4-10H,11-12H2,1-3H3,(H,20,22)(H,21,23). The molecule has 0 radical (unpaired) electrons. The van der Waals surface area contributed by atoms with Gasteiger partial charge in [0.15, 0.2) is 6.61 Å². The number of rotatable bonds is 6. The predicted molar refractivity (Wildman–Crippen MR) is 94.4 cm³/mol. The molecule has 0 unspecified atom stereocenters. The maximum Gasteiger partial charge on any atom is 0.276 e. The molecule has 2 rings (SSSR count). The second kappa shape index (κ2) is 8.73. The molecule has 0 atom stereocenters. The first-order valence-corrected chi connectivity index (χ1v) is 7.88. The molecule has 0 aliphatic rings. The molecular formula is C19H22N2O4. The van der Waals surface area contributed by atoms with E-state index in [1.165, 1.54) is 0 Å². The molecule has 2 N–H and O–H groups in total. The average Bonchev–Trinajstić information content (AvgIpc) is 2.61. The fraction of sp³-hybridized carbons (Fsp3) is 0.263. The van der Waals surface area contributed by atoms with Crippen LogP contribution in [0, 0.1) is 13.8 Å². The minimum atomic E-state index is -0.429. The lowest BCUT2D eigenvalue weighted by Crippen LogP contribution is -2.44. The third kappa shape index (κ3) is 5.84. The van der Waals surface area contributed by atoms with Crippen molar-refractivity contribution in [2.75, 3.05) is 13.7 Å². The lowest BCUT2D eigenvalue weighted by Gasteiger charge is -2.10. The Morgan fingerprint density at radius 3 is 2.16 bits per heavy atom. The molecule has 0 heterocycles. The quantitative estimate of drug-likeness (QED) is 0.788. The molecule has 0 fully saturated rings. The van der Waals surface area contributed by atoms with Crippen molar-refractivity contribution in [3.8, 4) is 11.5 Å². The van der Waals surface area contributed by atoms with E-state index in [4.69, 9.17) is 9.47 Å². The van der Waals surface area contributed by atoms with Gasteiger partial charge >= 0.3 is 0 Å². The molecule has 2 aromatic rings. The highest BCUT2D eigenvalue weighted by Gasteiger charge is 2.07. The van der Waals surface area contributed by atoms with Gasteiger partial charge in [-0.1, -0.05) is 18.2 Å². The van der Waals surface area contributed by atoms with Crippen LogP contribution in [0.4, 0.5) is 0 Å². The number of nitrogens with one attached hydrogen (secondary N) is 2. The summed E-state index contributed by atoms with van der Waals surface area (Å²) in [5.41, 5.74) is 7.76. The monoisotopic (exact) mass is 342 g/mol. The molecule has 6 nitrogen and oxygen atoms in total. The first-order chi connectivity index (χ1) is 12.0. The molecule has 25 heavy (non-hydrogen) atoms. The minimum absolute atomic E-state index is 0.155. The molecule has 0 spiro atoms. The van der Waals surface area contributed by atoms with E-state index in [9.17, 15) is 9.59 Å². The van der Waals surface area contributed by atoms with Crippen molar-refractivity contribution in [2.45, 2.75) is 20.3 Å². The summed E-state index contributed by atoms with van der Waals surface area (Å²) in [4.78, 5) is 23.6. The fourth-order valence-electron chi connectivity index (χ4n) is 2.10. The van der Waals surface area contributed by atoms with Crippen molar-refractivity contribution in [2.24, 2.45) is 0 Å². The zero-order chi connectivity index (χ0) is 18.2. The van der Waals surface area contributed by atoms with E-state index in [-0.39, 0.29) is 18.9 Å². The predicted octanol–water partition coefficient (Wildman–Crippen LogP) is 2.08. The van der Waals surface area contributed by atoms with Gasteiger partial charge in [0.2, 0.25) is 5.91 Å². The van der Waals surface area contributed by atoms with Gasteiger partial charge in [0, 0.05) is 0 Å². The Morgan fingerprint density at radius 1 is 0.880 bits per heavy atom. The number of carbonyl (C=O) groups is 2. The molecule has 0 aliphatic heterocycles. The van der Waals surface area contributed by atoms with Gasteiger partial charge in [-0.2, -0.15) is 0 Å². The third-order valence-electron chi connectivity index (χ3n) is 3.71. The van der Waals surface area contributed by atoms with Crippen LogP contribution in [0.1, 0.15) is 16.7 Å². The van der Waals surface area contributed by atoms with E-state index >= 15 is 0 Å². The number of aryl methyl sites for hydroxylation is 2. The molecule has 0 saturated heterocycles. The number of hydrogen-bond donors (Lipinski definition) is 2. The van der Waals surface area contributed by atoms with Gasteiger partial charge in [-0.05, 0) is 54.8 Å². The Labute approximate surface area is 147 Å². The van der Waals surface area contributed by atoms with E-state index < -0.39 is 5.91 Å². The maximum absolute atomic E-state index is 11.8. The van der Waals surface area contributed by atoms with Gasteiger partial charge in [0.1, 0.15) is 11.5 Å². The number of hydrogen-bond acceptors (Lipinski definition) is 4. The van der Waals surface area contributed by atoms with Crippen LogP contribution in [0.3, 0.4) is 0 Å². The van der Waals surface area contributed by atoms with Crippen LogP contribution >= 0.6 is 0 Å². The molecule has 0 aromatic heterocycles. The van der Waals surface area contributed by atoms with Crippen molar-refractivity contribution >= 4 is 11.8 Å². The zero-order valence-electron chi connectivity index (χ0n) is 14.6. The lowest BCUT2D eigenvalue weighted by atomic mass is 10.1. The number of hydrazine groups is 1. The van der Waals surface area contributed by atoms with Crippen LogP contribution in [0.25, 0.3) is 0 Å². The Balaban J connectivity index is 1.73. The summed E-state index contributed by atoms with van der Waals surface area (Å²) in [6, 6.07) is 12.7. The zero-order valence-corrected chi connectivity index (χ0v) is 14.6. The van der Waals surface area contributed by atoms with Crippen LogP contribution in [-0.4, -0.2) is 25.5 Å². The van der Waals surface area contributed by atoms with E-state index in [0.29, 0.717) is 5.75 Å². The second-order valence-electron chi connectivity index (χ2n) is 5.66. The smallest absolute Gasteiger partial charge is 0.276 e. The summed E-state index contributed by atoms with van der Waals surface area (Å²) in [6.45, 7) is 3.80. The Hall–Kier alpha value is -3.02. The highest BCUT2D eigenvalue weighted by atomic mass is 16.5. The van der Waals surface area contributed by atoms with E-state index in [0.717, 1.165) is 22.4 Å². The number of methoxy groups -OCH3 is 1. The summed E-state index contributed by atoms with van der Waals surface area (Å²) in [5, 5.41) is 0. The van der Waals surface area contributed by atoms with Crippen molar-refractivity contribution in [1.29, 1.82) is 0 Å². The fourth-order valence-corrected chi connectivity index (χ4v) is 2.10. The van der Waals surface area contributed by atoms with Gasteiger partial charge in [-0.25, -0.2) is 0 Å². The Morgan fingerprint density at radius 2 is 1.52 bits per heavy atom. The summed E-state index contributed by atoms with van der Waals surface area (Å²) in [6.07, 6.45) is 0.155. The number of carbonyl (C=O) groups excluding carboxylic acids is 2. The van der Waals surface area contributed by atoms with Gasteiger partial charge in [0.25, 0.3) is 5.91 Å². The van der Waals surface area contributed by atoms with Crippen LogP contribution in [0.2, 0.25) is 0 Å². The van der Waals surface area contributed by atoms with Gasteiger partial charge in [-0.3, -0.25) is 20.4 Å². The molecular weight excluding hydrogens is 320 g/mol. The number of ether oxygens (including phenoxy) is 2. The van der Waals surface area contributed by atoms with Crippen molar-refractivity contribution < 1.29 is 19.1 Å². The van der Waals surface area contributed by atoms with Gasteiger partial charge in [0.05, 0.1) is 13.5 Å². The van der Waals surface area contributed by atoms with Crippen LogP contribution < -0.4 is 20.3 Å². The minimum Gasteiger partial charge on any atom is -0.497 e. The number of benzene rings is 2. The first kappa shape index (κ1) is 18.3. The lowest BCUT2D eigenvalue weighted by molar-refractivity contribution is -0.129. The molecule has 0 aliphatic carbocycles. The highest BCUT2D eigenvalue weighted by molar-refractivity contribution is 5.83. The van der Waals surface area contributed by atoms with Crippen LogP contribution in [0.5, 0.6) is 11.5 Å². The largest absolute Gasteiger partial charge is 0.497 e. The topological polar surface area (TPSA) is 76.7 Å². The molecule has 2 amide bonds. The third-order valence-corrected chi connectivity index (χ3v) is 3.71. The van der Waals surface area contributed by atoms with E-state index in [1.54, 1.807) is 37.4 Å².